The highest BCUT2D eigenvalue weighted by molar-refractivity contribution is 9.10. The normalized spacial score (nSPS) is 11.6. The zero-order valence-corrected chi connectivity index (χ0v) is 15.3. The summed E-state index contributed by atoms with van der Waals surface area (Å²) >= 11 is 6.86. The predicted octanol–water partition coefficient (Wildman–Crippen LogP) is 4.48. The molecule has 2 N–H and O–H groups in total. The van der Waals surface area contributed by atoms with Crippen LogP contribution in [-0.4, -0.2) is 26.4 Å². The van der Waals surface area contributed by atoms with Gasteiger partial charge in [0.1, 0.15) is 5.52 Å². The van der Waals surface area contributed by atoms with E-state index in [1.807, 2.05) is 42.5 Å². The number of anilines is 1. The fraction of sp³-hybridized carbons (Fsp3) is 0. The average molecular weight is 446 g/mol. The maximum Gasteiger partial charge on any atom is 0.265 e. The minimum Gasteiger partial charge on any atom is -0.338 e. The molecular formula is C16H10Br2N6. The molecule has 24 heavy (non-hydrogen) atoms. The summed E-state index contributed by atoms with van der Waals surface area (Å²) in [5.74, 6) is 0.335. The summed E-state index contributed by atoms with van der Waals surface area (Å²) in [5, 5.41) is 13.4. The number of fused-ring (bicyclic) bond motifs is 3. The molecule has 0 radical (unpaired) electrons. The Morgan fingerprint density at radius 2 is 1.79 bits per heavy atom. The summed E-state index contributed by atoms with van der Waals surface area (Å²) in [4.78, 5) is 7.64. The predicted molar refractivity (Wildman–Crippen MR) is 102 cm³/mol. The summed E-state index contributed by atoms with van der Waals surface area (Å²) in [6, 6.07) is 13.7. The number of aromatic amines is 1. The summed E-state index contributed by atoms with van der Waals surface area (Å²) in [7, 11) is 0. The number of aromatic nitrogens is 4. The molecule has 0 aliphatic rings. The van der Waals surface area contributed by atoms with E-state index >= 15 is 0 Å². The van der Waals surface area contributed by atoms with Gasteiger partial charge in [0.05, 0.1) is 6.21 Å². The van der Waals surface area contributed by atoms with Crippen LogP contribution < -0.4 is 5.43 Å². The second kappa shape index (κ2) is 6.29. The van der Waals surface area contributed by atoms with E-state index in [4.69, 9.17) is 0 Å². The molecule has 0 saturated heterocycles. The number of nitrogens with one attached hydrogen (secondary N) is 2. The lowest BCUT2D eigenvalue weighted by Crippen LogP contribution is -1.98. The van der Waals surface area contributed by atoms with Crippen molar-refractivity contribution < 1.29 is 0 Å². The number of nitrogens with zero attached hydrogens (tertiary/aromatic N) is 4. The van der Waals surface area contributed by atoms with Crippen LogP contribution in [0.15, 0.2) is 56.5 Å². The first kappa shape index (κ1) is 15.2. The van der Waals surface area contributed by atoms with Crippen molar-refractivity contribution in [1.29, 1.82) is 0 Å². The number of hydrazone groups is 1. The molecule has 2 aromatic heterocycles. The third-order valence-electron chi connectivity index (χ3n) is 3.42. The van der Waals surface area contributed by atoms with Gasteiger partial charge in [-0.05, 0) is 35.9 Å². The Hall–Kier alpha value is -2.32. The van der Waals surface area contributed by atoms with Crippen LogP contribution in [0.3, 0.4) is 0 Å². The molecule has 118 valence electrons. The largest absolute Gasteiger partial charge is 0.338 e. The smallest absolute Gasteiger partial charge is 0.265 e. The van der Waals surface area contributed by atoms with Crippen molar-refractivity contribution in [3.05, 3.63) is 57.0 Å². The Bertz CT molecular complexity index is 1060. The fourth-order valence-corrected chi connectivity index (χ4v) is 2.93. The number of benzene rings is 2. The molecule has 0 aliphatic carbocycles. The van der Waals surface area contributed by atoms with E-state index < -0.39 is 0 Å². The summed E-state index contributed by atoms with van der Waals surface area (Å²) < 4.78 is 2.01. The average Bonchev–Trinajstić information content (AvgIpc) is 2.94. The molecule has 4 aromatic rings. The lowest BCUT2D eigenvalue weighted by Gasteiger charge is -1.97. The summed E-state index contributed by atoms with van der Waals surface area (Å²) in [6.07, 6.45) is 1.70. The van der Waals surface area contributed by atoms with Crippen LogP contribution >= 0.6 is 31.9 Å². The Labute approximate surface area is 153 Å². The van der Waals surface area contributed by atoms with Crippen molar-refractivity contribution in [2.75, 3.05) is 5.43 Å². The van der Waals surface area contributed by atoms with Gasteiger partial charge in [-0.15, -0.1) is 10.2 Å². The summed E-state index contributed by atoms with van der Waals surface area (Å²) in [6.45, 7) is 0. The molecule has 8 heteroatoms. The molecule has 0 unspecified atom stereocenters. The number of hydrogen-bond acceptors (Lipinski definition) is 5. The third kappa shape index (κ3) is 3.02. The Kier molecular flexibility index (Phi) is 3.99. The molecule has 0 aliphatic heterocycles. The van der Waals surface area contributed by atoms with Crippen LogP contribution in [0.2, 0.25) is 0 Å². The first-order chi connectivity index (χ1) is 11.7. The number of H-pyrrole nitrogens is 1. The second-order valence-corrected chi connectivity index (χ2v) is 6.90. The van der Waals surface area contributed by atoms with Gasteiger partial charge in [-0.3, -0.25) is 0 Å². The van der Waals surface area contributed by atoms with E-state index in [9.17, 15) is 0 Å². The molecular weight excluding hydrogens is 436 g/mol. The van der Waals surface area contributed by atoms with Gasteiger partial charge >= 0.3 is 0 Å². The van der Waals surface area contributed by atoms with Crippen molar-refractivity contribution in [3.63, 3.8) is 0 Å². The van der Waals surface area contributed by atoms with E-state index in [1.165, 1.54) is 0 Å². The molecule has 0 atom stereocenters. The van der Waals surface area contributed by atoms with Crippen LogP contribution in [0.5, 0.6) is 0 Å². The topological polar surface area (TPSA) is 78.8 Å². The van der Waals surface area contributed by atoms with Gasteiger partial charge in [0, 0.05) is 19.8 Å². The first-order valence-corrected chi connectivity index (χ1v) is 8.64. The molecule has 2 heterocycles. The minimum absolute atomic E-state index is 0.335. The van der Waals surface area contributed by atoms with E-state index in [0.29, 0.717) is 11.6 Å². The van der Waals surface area contributed by atoms with Gasteiger partial charge in [-0.25, -0.2) is 5.43 Å². The van der Waals surface area contributed by atoms with Crippen LogP contribution in [-0.2, 0) is 0 Å². The lowest BCUT2D eigenvalue weighted by molar-refractivity contribution is 1.01. The van der Waals surface area contributed by atoms with Gasteiger partial charge in [0.15, 0.2) is 5.65 Å². The molecule has 0 saturated carbocycles. The highest BCUT2D eigenvalue weighted by atomic mass is 79.9. The number of hydrogen-bond donors (Lipinski definition) is 2. The second-order valence-electron chi connectivity index (χ2n) is 5.07. The molecule has 0 fully saturated rings. The van der Waals surface area contributed by atoms with E-state index in [-0.39, 0.29) is 0 Å². The maximum atomic E-state index is 4.41. The zero-order valence-electron chi connectivity index (χ0n) is 12.2. The van der Waals surface area contributed by atoms with Crippen molar-refractivity contribution in [2.45, 2.75) is 0 Å². The molecule has 0 amide bonds. The van der Waals surface area contributed by atoms with Gasteiger partial charge in [0.2, 0.25) is 0 Å². The van der Waals surface area contributed by atoms with Crippen molar-refractivity contribution in [2.24, 2.45) is 5.10 Å². The molecule has 0 bridgehead atoms. The monoisotopic (exact) mass is 444 g/mol. The van der Waals surface area contributed by atoms with Crippen LogP contribution in [0, 0.1) is 0 Å². The van der Waals surface area contributed by atoms with E-state index in [1.54, 1.807) is 6.21 Å². The zero-order chi connectivity index (χ0) is 16.5. The quantitative estimate of drug-likeness (QED) is 0.360. The van der Waals surface area contributed by atoms with E-state index in [2.05, 4.69) is 62.6 Å². The van der Waals surface area contributed by atoms with Gasteiger partial charge < -0.3 is 4.98 Å². The van der Waals surface area contributed by atoms with Gasteiger partial charge in [0.25, 0.3) is 5.95 Å². The molecule has 4 rings (SSSR count). The minimum atomic E-state index is 0.335. The van der Waals surface area contributed by atoms with Crippen LogP contribution in [0.1, 0.15) is 5.56 Å². The maximum absolute atomic E-state index is 4.41. The standard InChI is InChI=1S/C16H10Br2N6/c17-10-3-1-9(2-4-10)8-19-23-16-21-15-14(22-24-16)12-7-11(18)5-6-13(12)20-15/h1-8H,(H2,20,21,23,24)/b19-8+. The van der Waals surface area contributed by atoms with Crippen molar-refractivity contribution >= 4 is 66.1 Å². The number of halogens is 2. The SMILES string of the molecule is Brc1ccc(/C=N/Nc2nnc3c(n2)[nH]c2ccc(Br)cc23)cc1. The lowest BCUT2D eigenvalue weighted by atomic mass is 10.2. The molecule has 6 nitrogen and oxygen atoms in total. The highest BCUT2D eigenvalue weighted by Crippen LogP contribution is 2.25. The Morgan fingerprint density at radius 1 is 1.00 bits per heavy atom. The van der Waals surface area contributed by atoms with Crippen molar-refractivity contribution in [1.82, 2.24) is 20.2 Å². The molecule has 2 aromatic carbocycles. The Balaban J connectivity index is 1.60. The van der Waals surface area contributed by atoms with Crippen molar-refractivity contribution in [3.8, 4) is 0 Å². The van der Waals surface area contributed by atoms with E-state index in [0.717, 1.165) is 30.9 Å². The third-order valence-corrected chi connectivity index (χ3v) is 4.45. The number of rotatable bonds is 3. The molecule has 0 spiro atoms. The summed E-state index contributed by atoms with van der Waals surface area (Å²) in [5.41, 5.74) is 6.13. The Morgan fingerprint density at radius 3 is 2.62 bits per heavy atom. The highest BCUT2D eigenvalue weighted by Gasteiger charge is 2.09. The van der Waals surface area contributed by atoms with Crippen LogP contribution in [0.4, 0.5) is 5.95 Å². The van der Waals surface area contributed by atoms with Gasteiger partial charge in [-0.1, -0.05) is 44.0 Å². The fourth-order valence-electron chi connectivity index (χ4n) is 2.30. The van der Waals surface area contributed by atoms with Gasteiger partial charge in [-0.2, -0.15) is 10.1 Å². The first-order valence-electron chi connectivity index (χ1n) is 7.05. The van der Waals surface area contributed by atoms with Crippen LogP contribution in [0.25, 0.3) is 22.1 Å².